The first-order valence-corrected chi connectivity index (χ1v) is 10.1. The van der Waals surface area contributed by atoms with E-state index < -0.39 is 0 Å². The molecule has 0 saturated heterocycles. The Bertz CT molecular complexity index is 1280. The predicted molar refractivity (Wildman–Crippen MR) is 120 cm³/mol. The van der Waals surface area contributed by atoms with Crippen molar-refractivity contribution in [3.05, 3.63) is 96.7 Å². The second-order valence-electron chi connectivity index (χ2n) is 7.38. The molecule has 7 heteroatoms. The van der Waals surface area contributed by atoms with Gasteiger partial charge in [-0.25, -0.2) is 9.37 Å². The average molecular weight is 426 g/mol. The number of anilines is 3. The molecule has 32 heavy (non-hydrogen) atoms. The van der Waals surface area contributed by atoms with Crippen molar-refractivity contribution in [2.75, 3.05) is 16.8 Å². The van der Waals surface area contributed by atoms with Gasteiger partial charge in [-0.1, -0.05) is 18.2 Å². The SMILES string of the molecule is O=C1COc2ccc(-c3ccnc(Nc4cccc(F)c4)c3)cc2N1Cc1cccnc1. The van der Waals surface area contributed by atoms with Gasteiger partial charge >= 0.3 is 0 Å². The lowest BCUT2D eigenvalue weighted by Gasteiger charge is -2.30. The van der Waals surface area contributed by atoms with Crippen LogP contribution in [-0.4, -0.2) is 22.5 Å². The van der Waals surface area contributed by atoms with E-state index in [4.69, 9.17) is 4.74 Å². The first-order chi connectivity index (χ1) is 15.7. The summed E-state index contributed by atoms with van der Waals surface area (Å²) in [7, 11) is 0. The van der Waals surface area contributed by atoms with Gasteiger partial charge in [0.05, 0.1) is 12.2 Å². The molecule has 2 aromatic heterocycles. The first kappa shape index (κ1) is 19.7. The first-order valence-electron chi connectivity index (χ1n) is 10.1. The number of fused-ring (bicyclic) bond motifs is 1. The molecule has 1 aliphatic heterocycles. The van der Waals surface area contributed by atoms with Crippen LogP contribution in [0.5, 0.6) is 5.75 Å². The minimum Gasteiger partial charge on any atom is -0.482 e. The Morgan fingerprint density at radius 3 is 2.75 bits per heavy atom. The molecule has 6 nitrogen and oxygen atoms in total. The number of aromatic nitrogens is 2. The predicted octanol–water partition coefficient (Wildman–Crippen LogP) is 4.95. The van der Waals surface area contributed by atoms with E-state index in [1.807, 2.05) is 42.5 Å². The number of carbonyl (C=O) groups is 1. The third-order valence-electron chi connectivity index (χ3n) is 5.16. The van der Waals surface area contributed by atoms with Gasteiger partial charge in [0.1, 0.15) is 17.4 Å². The van der Waals surface area contributed by atoms with Crippen LogP contribution in [0.15, 0.2) is 85.3 Å². The highest BCUT2D eigenvalue weighted by molar-refractivity contribution is 5.98. The number of ether oxygens (including phenoxy) is 1. The Kier molecular flexibility index (Phi) is 5.21. The highest BCUT2D eigenvalue weighted by Crippen LogP contribution is 2.37. The molecule has 0 atom stereocenters. The van der Waals surface area contributed by atoms with Crippen LogP contribution in [0.25, 0.3) is 11.1 Å². The molecule has 1 aliphatic rings. The number of halogens is 1. The molecule has 0 spiro atoms. The Labute approximate surface area is 184 Å². The lowest BCUT2D eigenvalue weighted by Crippen LogP contribution is -2.38. The number of hydrogen-bond acceptors (Lipinski definition) is 5. The van der Waals surface area contributed by atoms with Crippen LogP contribution in [0.4, 0.5) is 21.6 Å². The van der Waals surface area contributed by atoms with Crippen LogP contribution >= 0.6 is 0 Å². The normalized spacial score (nSPS) is 12.8. The molecule has 0 bridgehead atoms. The molecule has 1 N–H and O–H groups in total. The zero-order valence-electron chi connectivity index (χ0n) is 17.0. The number of rotatable bonds is 5. The van der Waals surface area contributed by atoms with Crippen molar-refractivity contribution in [2.45, 2.75) is 6.54 Å². The van der Waals surface area contributed by atoms with Gasteiger partial charge in [-0.05, 0) is 65.2 Å². The van der Waals surface area contributed by atoms with E-state index in [0.717, 1.165) is 16.7 Å². The second-order valence-corrected chi connectivity index (χ2v) is 7.38. The van der Waals surface area contributed by atoms with Crippen molar-refractivity contribution in [1.82, 2.24) is 9.97 Å². The fourth-order valence-corrected chi connectivity index (χ4v) is 3.62. The van der Waals surface area contributed by atoms with Crippen molar-refractivity contribution in [3.63, 3.8) is 0 Å². The maximum Gasteiger partial charge on any atom is 0.265 e. The van der Waals surface area contributed by atoms with E-state index in [-0.39, 0.29) is 18.3 Å². The fourth-order valence-electron chi connectivity index (χ4n) is 3.62. The minimum absolute atomic E-state index is 0.00354. The van der Waals surface area contributed by atoms with Gasteiger partial charge in [0.25, 0.3) is 5.91 Å². The molecule has 0 unspecified atom stereocenters. The number of amides is 1. The van der Waals surface area contributed by atoms with Crippen LogP contribution in [-0.2, 0) is 11.3 Å². The fraction of sp³-hybridized carbons (Fsp3) is 0.0800. The third kappa shape index (κ3) is 4.13. The largest absolute Gasteiger partial charge is 0.482 e. The summed E-state index contributed by atoms with van der Waals surface area (Å²) in [5, 5.41) is 3.12. The number of pyridine rings is 2. The van der Waals surface area contributed by atoms with Gasteiger partial charge in [0.15, 0.2) is 6.61 Å². The van der Waals surface area contributed by atoms with Crippen molar-refractivity contribution >= 4 is 23.1 Å². The van der Waals surface area contributed by atoms with Crippen LogP contribution in [0.2, 0.25) is 0 Å². The van der Waals surface area contributed by atoms with Crippen molar-refractivity contribution < 1.29 is 13.9 Å². The van der Waals surface area contributed by atoms with Crippen LogP contribution in [0.1, 0.15) is 5.56 Å². The topological polar surface area (TPSA) is 67.3 Å². The Hall–Kier alpha value is -4.26. The molecule has 0 saturated carbocycles. The summed E-state index contributed by atoms with van der Waals surface area (Å²) >= 11 is 0. The van der Waals surface area contributed by atoms with Crippen molar-refractivity contribution in [2.24, 2.45) is 0 Å². The van der Waals surface area contributed by atoms with E-state index in [1.54, 1.807) is 35.6 Å². The molecule has 1 amide bonds. The quantitative estimate of drug-likeness (QED) is 0.489. The van der Waals surface area contributed by atoms with Gasteiger partial charge in [-0.15, -0.1) is 0 Å². The summed E-state index contributed by atoms with van der Waals surface area (Å²) in [6.07, 6.45) is 5.14. The number of nitrogens with zero attached hydrogens (tertiary/aromatic N) is 3. The van der Waals surface area contributed by atoms with Crippen LogP contribution in [0, 0.1) is 5.82 Å². The monoisotopic (exact) mass is 426 g/mol. The lowest BCUT2D eigenvalue weighted by molar-refractivity contribution is -0.121. The highest BCUT2D eigenvalue weighted by Gasteiger charge is 2.26. The van der Waals surface area contributed by atoms with Gasteiger partial charge in [-0.2, -0.15) is 0 Å². The van der Waals surface area contributed by atoms with Gasteiger partial charge in [-0.3, -0.25) is 9.78 Å². The molecule has 0 radical (unpaired) electrons. The Morgan fingerprint density at radius 2 is 1.91 bits per heavy atom. The third-order valence-corrected chi connectivity index (χ3v) is 5.16. The molecule has 0 aliphatic carbocycles. The summed E-state index contributed by atoms with van der Waals surface area (Å²) in [5.74, 6) is 0.815. The van der Waals surface area contributed by atoms with Gasteiger partial charge in [0, 0.05) is 24.3 Å². The summed E-state index contributed by atoms with van der Waals surface area (Å²) in [6, 6.07) is 19.5. The van der Waals surface area contributed by atoms with Gasteiger partial charge in [0.2, 0.25) is 0 Å². The van der Waals surface area contributed by atoms with E-state index in [2.05, 4.69) is 15.3 Å². The van der Waals surface area contributed by atoms with Crippen LogP contribution in [0.3, 0.4) is 0 Å². The van der Waals surface area contributed by atoms with E-state index in [9.17, 15) is 9.18 Å². The summed E-state index contributed by atoms with van der Waals surface area (Å²) < 4.78 is 19.1. The number of benzene rings is 2. The minimum atomic E-state index is -0.320. The molecule has 158 valence electrons. The average Bonchev–Trinajstić information content (AvgIpc) is 2.81. The molecule has 3 heterocycles. The summed E-state index contributed by atoms with van der Waals surface area (Å²) in [6.45, 7) is 0.415. The second kappa shape index (κ2) is 8.47. The zero-order valence-corrected chi connectivity index (χ0v) is 17.0. The Balaban J connectivity index is 1.46. The molecule has 2 aromatic carbocycles. The zero-order chi connectivity index (χ0) is 21.9. The van der Waals surface area contributed by atoms with Crippen molar-refractivity contribution in [3.8, 4) is 16.9 Å². The molecular weight excluding hydrogens is 407 g/mol. The summed E-state index contributed by atoms with van der Waals surface area (Å²) in [4.78, 5) is 22.8. The molecule has 0 fully saturated rings. The maximum atomic E-state index is 13.5. The lowest BCUT2D eigenvalue weighted by atomic mass is 10.0. The smallest absolute Gasteiger partial charge is 0.265 e. The molecular formula is C25H19FN4O2. The summed E-state index contributed by atoms with van der Waals surface area (Å²) in [5.41, 5.74) is 4.06. The highest BCUT2D eigenvalue weighted by atomic mass is 19.1. The number of nitrogens with one attached hydrogen (secondary N) is 1. The van der Waals surface area contributed by atoms with Crippen molar-refractivity contribution in [1.29, 1.82) is 0 Å². The Morgan fingerprint density at radius 1 is 1.00 bits per heavy atom. The molecule has 5 rings (SSSR count). The van der Waals surface area contributed by atoms with E-state index in [0.29, 0.717) is 29.5 Å². The van der Waals surface area contributed by atoms with E-state index in [1.165, 1.54) is 12.1 Å². The van der Waals surface area contributed by atoms with E-state index >= 15 is 0 Å². The number of carbonyl (C=O) groups excluding carboxylic acids is 1. The van der Waals surface area contributed by atoms with Gasteiger partial charge < -0.3 is 15.0 Å². The standard InChI is InChI=1S/C25H19FN4O2/c26-20-4-1-5-21(13-20)29-24-12-19(8-10-28-24)18-6-7-23-22(11-18)30(25(31)16-32-23)15-17-3-2-9-27-14-17/h1-14H,15-16H2,(H,28,29). The number of hydrogen-bond donors (Lipinski definition) is 1. The molecule has 4 aromatic rings. The maximum absolute atomic E-state index is 13.5. The van der Waals surface area contributed by atoms with Crippen LogP contribution < -0.4 is 15.0 Å².